The largest absolute Gasteiger partial charge is 0.415 e. The van der Waals surface area contributed by atoms with Crippen LogP contribution in [0.5, 0.6) is 0 Å². The number of amides is 2. The first-order chi connectivity index (χ1) is 12.1. The van der Waals surface area contributed by atoms with Crippen LogP contribution in [0.4, 0.5) is 0 Å². The summed E-state index contributed by atoms with van der Waals surface area (Å²) in [5.41, 5.74) is 6.20. The molecule has 134 valence electrons. The molecule has 0 aliphatic carbocycles. The lowest BCUT2D eigenvalue weighted by molar-refractivity contribution is -0.129. The quantitative estimate of drug-likeness (QED) is 0.628. The van der Waals surface area contributed by atoms with E-state index in [0.29, 0.717) is 23.4 Å². The maximum atomic E-state index is 12.5. The average Bonchev–Trinajstić information content (AvgIpc) is 3.05. The zero-order chi connectivity index (χ0) is 18.1. The molecule has 2 aromatic rings. The number of carbonyl (C=O) groups is 2. The first kappa shape index (κ1) is 19.3. The van der Waals surface area contributed by atoms with Gasteiger partial charge in [0.15, 0.2) is 0 Å². The number of hydrogen-bond acceptors (Lipinski definition) is 7. The monoisotopic (exact) mass is 380 g/mol. The molecule has 2 rings (SSSR count). The Labute approximate surface area is 154 Å². The van der Waals surface area contributed by atoms with E-state index < -0.39 is 5.91 Å². The van der Waals surface area contributed by atoms with Crippen LogP contribution in [0.2, 0.25) is 0 Å². The molecule has 0 unspecified atom stereocenters. The Balaban J connectivity index is 1.94. The standard InChI is InChI=1S/C16H20N4O3S2/c1-24-10-14-18-19-16(23-14)25-11-15(22)20(8-7-13(17)21)9-12-5-3-2-4-6-12/h2-6H,7-11H2,1H3,(H2,17,21). The van der Waals surface area contributed by atoms with Crippen molar-refractivity contribution < 1.29 is 14.0 Å². The van der Waals surface area contributed by atoms with Crippen molar-refractivity contribution in [3.05, 3.63) is 41.8 Å². The molecule has 2 amide bonds. The third-order valence-corrected chi connectivity index (χ3v) is 4.57. The van der Waals surface area contributed by atoms with E-state index >= 15 is 0 Å². The molecule has 1 aromatic heterocycles. The highest BCUT2D eigenvalue weighted by molar-refractivity contribution is 7.99. The van der Waals surface area contributed by atoms with Crippen molar-refractivity contribution in [3.63, 3.8) is 0 Å². The summed E-state index contributed by atoms with van der Waals surface area (Å²) in [6.07, 6.45) is 2.07. The lowest BCUT2D eigenvalue weighted by Crippen LogP contribution is -2.34. The van der Waals surface area contributed by atoms with Gasteiger partial charge in [-0.1, -0.05) is 42.1 Å². The molecule has 0 fully saturated rings. The fraction of sp³-hybridized carbons (Fsp3) is 0.375. The zero-order valence-corrected chi connectivity index (χ0v) is 15.5. The highest BCUT2D eigenvalue weighted by atomic mass is 32.2. The van der Waals surface area contributed by atoms with Crippen molar-refractivity contribution in [1.29, 1.82) is 0 Å². The van der Waals surface area contributed by atoms with Crippen molar-refractivity contribution in [2.24, 2.45) is 5.73 Å². The second kappa shape index (κ2) is 10.1. The van der Waals surface area contributed by atoms with Gasteiger partial charge >= 0.3 is 0 Å². The summed E-state index contributed by atoms with van der Waals surface area (Å²) < 4.78 is 5.45. The highest BCUT2D eigenvalue weighted by Gasteiger charge is 2.17. The van der Waals surface area contributed by atoms with Gasteiger partial charge in [-0.25, -0.2) is 0 Å². The fourth-order valence-electron chi connectivity index (χ4n) is 2.03. The molecule has 1 aromatic carbocycles. The minimum atomic E-state index is -0.433. The van der Waals surface area contributed by atoms with E-state index in [4.69, 9.17) is 10.2 Å². The van der Waals surface area contributed by atoms with Gasteiger partial charge in [-0.15, -0.1) is 10.2 Å². The lowest BCUT2D eigenvalue weighted by Gasteiger charge is -2.22. The molecule has 0 saturated carbocycles. The highest BCUT2D eigenvalue weighted by Crippen LogP contribution is 2.19. The molecule has 1 heterocycles. The maximum absolute atomic E-state index is 12.5. The van der Waals surface area contributed by atoms with Crippen LogP contribution in [0.15, 0.2) is 40.0 Å². The van der Waals surface area contributed by atoms with Gasteiger partial charge < -0.3 is 15.1 Å². The lowest BCUT2D eigenvalue weighted by atomic mass is 10.2. The van der Waals surface area contributed by atoms with Crippen LogP contribution in [0, 0.1) is 0 Å². The number of thioether (sulfide) groups is 2. The number of aromatic nitrogens is 2. The molecule has 0 aliphatic rings. The third kappa shape index (κ3) is 6.79. The van der Waals surface area contributed by atoms with Gasteiger partial charge in [-0.2, -0.15) is 11.8 Å². The van der Waals surface area contributed by atoms with Crippen LogP contribution in [0.3, 0.4) is 0 Å². The van der Waals surface area contributed by atoms with Gasteiger partial charge in [0.2, 0.25) is 17.7 Å². The minimum Gasteiger partial charge on any atom is -0.415 e. The molecule has 0 saturated heterocycles. The Morgan fingerprint density at radius 3 is 2.68 bits per heavy atom. The van der Waals surface area contributed by atoms with Crippen LogP contribution in [0.1, 0.15) is 17.9 Å². The van der Waals surface area contributed by atoms with Gasteiger partial charge in [-0.05, 0) is 11.8 Å². The number of nitrogens with zero attached hydrogens (tertiary/aromatic N) is 3. The summed E-state index contributed by atoms with van der Waals surface area (Å²) in [6.45, 7) is 0.709. The Kier molecular flexibility index (Phi) is 7.80. The van der Waals surface area contributed by atoms with E-state index in [1.165, 1.54) is 11.8 Å². The van der Waals surface area contributed by atoms with Crippen molar-refractivity contribution in [1.82, 2.24) is 15.1 Å². The van der Waals surface area contributed by atoms with Gasteiger partial charge in [0.25, 0.3) is 5.22 Å². The third-order valence-electron chi connectivity index (χ3n) is 3.23. The molecular formula is C16H20N4O3S2. The first-order valence-electron chi connectivity index (χ1n) is 7.62. The van der Waals surface area contributed by atoms with Gasteiger partial charge in [0, 0.05) is 19.5 Å². The van der Waals surface area contributed by atoms with Crippen LogP contribution < -0.4 is 5.73 Å². The van der Waals surface area contributed by atoms with Crippen LogP contribution in [-0.2, 0) is 21.9 Å². The Bertz CT molecular complexity index is 694. The van der Waals surface area contributed by atoms with Crippen LogP contribution in [-0.4, -0.2) is 45.5 Å². The zero-order valence-electron chi connectivity index (χ0n) is 13.9. The normalized spacial score (nSPS) is 10.6. The van der Waals surface area contributed by atoms with E-state index in [1.807, 2.05) is 36.6 Å². The Morgan fingerprint density at radius 1 is 1.24 bits per heavy atom. The van der Waals surface area contributed by atoms with Gasteiger partial charge in [0.1, 0.15) is 0 Å². The number of carbonyl (C=O) groups excluding carboxylic acids is 2. The fourth-order valence-corrected chi connectivity index (χ4v) is 3.08. The van der Waals surface area contributed by atoms with Crippen LogP contribution in [0.25, 0.3) is 0 Å². The number of primary amides is 1. The SMILES string of the molecule is CSCc1nnc(SCC(=O)N(CCC(N)=O)Cc2ccccc2)o1. The Morgan fingerprint density at radius 2 is 2.00 bits per heavy atom. The second-order valence-corrected chi connectivity index (χ2v) is 6.99. The van der Waals surface area contributed by atoms with E-state index in [1.54, 1.807) is 16.7 Å². The summed E-state index contributed by atoms with van der Waals surface area (Å²) in [7, 11) is 0. The van der Waals surface area contributed by atoms with Crippen molar-refractivity contribution in [3.8, 4) is 0 Å². The topological polar surface area (TPSA) is 102 Å². The predicted molar refractivity (Wildman–Crippen MR) is 97.9 cm³/mol. The minimum absolute atomic E-state index is 0.111. The van der Waals surface area contributed by atoms with Crippen molar-refractivity contribution in [2.75, 3.05) is 18.6 Å². The summed E-state index contributed by atoms with van der Waals surface area (Å²) in [6, 6.07) is 9.60. The molecule has 2 N–H and O–H groups in total. The second-order valence-electron chi connectivity index (χ2n) is 5.20. The molecule has 0 aliphatic heterocycles. The number of hydrogen-bond donors (Lipinski definition) is 1. The molecule has 25 heavy (non-hydrogen) atoms. The van der Waals surface area contributed by atoms with Crippen molar-refractivity contribution in [2.45, 2.75) is 23.9 Å². The van der Waals surface area contributed by atoms with Gasteiger partial charge in [0.05, 0.1) is 11.5 Å². The predicted octanol–water partition coefficient (Wildman–Crippen LogP) is 1.93. The smallest absolute Gasteiger partial charge is 0.277 e. The summed E-state index contributed by atoms with van der Waals surface area (Å²) in [5, 5.41) is 8.19. The van der Waals surface area contributed by atoms with E-state index in [2.05, 4.69) is 10.2 Å². The molecule has 0 bridgehead atoms. The summed E-state index contributed by atoms with van der Waals surface area (Å²) in [5.74, 6) is 0.793. The number of rotatable bonds is 10. The maximum Gasteiger partial charge on any atom is 0.277 e. The number of nitrogens with two attached hydrogens (primary N) is 1. The molecule has 0 radical (unpaired) electrons. The Hall–Kier alpha value is -2.00. The molecule has 9 heteroatoms. The summed E-state index contributed by atoms with van der Waals surface area (Å²) >= 11 is 2.77. The van der Waals surface area contributed by atoms with E-state index in [0.717, 1.165) is 5.56 Å². The molecule has 0 spiro atoms. The van der Waals surface area contributed by atoms with E-state index in [-0.39, 0.29) is 24.6 Å². The van der Waals surface area contributed by atoms with E-state index in [9.17, 15) is 9.59 Å². The first-order valence-corrected chi connectivity index (χ1v) is 10.0. The average molecular weight is 380 g/mol. The molecule has 0 atom stereocenters. The molecular weight excluding hydrogens is 360 g/mol. The number of benzene rings is 1. The van der Waals surface area contributed by atoms with Crippen molar-refractivity contribution >= 4 is 35.3 Å². The van der Waals surface area contributed by atoms with Crippen LogP contribution >= 0.6 is 23.5 Å². The molecule has 7 nitrogen and oxygen atoms in total. The summed E-state index contributed by atoms with van der Waals surface area (Å²) in [4.78, 5) is 25.2. The van der Waals surface area contributed by atoms with Gasteiger partial charge in [-0.3, -0.25) is 9.59 Å².